The number of nitrogens with two attached hydrogens (primary N) is 1. The maximum Gasteiger partial charge on any atom is 0.0771 e. The Hall–Kier alpha value is -1.54. The fraction of sp³-hybridized carbons (Fsp3) is 0.444. The van der Waals surface area contributed by atoms with E-state index in [1.165, 1.54) is 0 Å². The van der Waals surface area contributed by atoms with Crippen LogP contribution in [0.2, 0.25) is 0 Å². The largest absolute Gasteiger partial charge is 0.374 e. The zero-order valence-corrected chi connectivity index (χ0v) is 12.7. The second-order valence-corrected chi connectivity index (χ2v) is 6.22. The summed E-state index contributed by atoms with van der Waals surface area (Å²) in [5.41, 5.74) is 7.35. The molecule has 0 amide bonds. The van der Waals surface area contributed by atoms with E-state index in [9.17, 15) is 0 Å². The number of rotatable bonds is 5. The van der Waals surface area contributed by atoms with E-state index in [2.05, 4.69) is 68.6 Å². The third kappa shape index (κ3) is 3.13. The Balaban J connectivity index is 2.29. The minimum absolute atomic E-state index is 0.0125. The number of benzene rings is 1. The third-order valence-corrected chi connectivity index (χ3v) is 4.13. The summed E-state index contributed by atoms with van der Waals surface area (Å²) in [6.45, 7) is 6.82. The number of allylic oxidation sites excluding steroid dienone is 2. The molecule has 0 heterocycles. The van der Waals surface area contributed by atoms with Crippen LogP contribution in [0.15, 0.2) is 54.6 Å². The van der Waals surface area contributed by atoms with E-state index < -0.39 is 0 Å². The van der Waals surface area contributed by atoms with Gasteiger partial charge in [0.25, 0.3) is 0 Å². The van der Waals surface area contributed by atoms with E-state index in [-0.39, 0.29) is 11.6 Å². The van der Waals surface area contributed by atoms with Gasteiger partial charge in [-0.05, 0) is 30.4 Å². The Morgan fingerprint density at radius 1 is 1.15 bits per heavy atom. The third-order valence-electron chi connectivity index (χ3n) is 4.13. The van der Waals surface area contributed by atoms with Crippen LogP contribution in [0.5, 0.6) is 0 Å². The molecule has 3 unspecified atom stereocenters. The summed E-state index contributed by atoms with van der Waals surface area (Å²) < 4.78 is 0. The van der Waals surface area contributed by atoms with Crippen molar-refractivity contribution in [1.29, 1.82) is 0 Å². The molecule has 2 rings (SSSR count). The van der Waals surface area contributed by atoms with Crippen LogP contribution < -0.4 is 11.1 Å². The molecule has 2 nitrogen and oxygen atoms in total. The van der Waals surface area contributed by atoms with Gasteiger partial charge in [-0.3, -0.25) is 0 Å². The van der Waals surface area contributed by atoms with Gasteiger partial charge in [0.15, 0.2) is 0 Å². The monoisotopic (exact) mass is 270 g/mol. The summed E-state index contributed by atoms with van der Waals surface area (Å²) in [6.07, 6.45) is 9.62. The normalized spacial score (nSPS) is 26.8. The molecule has 1 aliphatic carbocycles. The van der Waals surface area contributed by atoms with E-state index in [0.29, 0.717) is 11.8 Å². The Bertz CT molecular complexity index is 475. The first-order chi connectivity index (χ1) is 9.54. The van der Waals surface area contributed by atoms with Gasteiger partial charge in [0, 0.05) is 5.69 Å². The van der Waals surface area contributed by atoms with Crippen molar-refractivity contribution in [3.8, 4) is 0 Å². The fourth-order valence-corrected chi connectivity index (χ4v) is 3.08. The Morgan fingerprint density at radius 2 is 1.85 bits per heavy atom. The molecule has 0 saturated heterocycles. The van der Waals surface area contributed by atoms with Gasteiger partial charge in [0.05, 0.1) is 11.6 Å². The molecule has 1 aromatic rings. The Kier molecular flexibility index (Phi) is 4.66. The van der Waals surface area contributed by atoms with Gasteiger partial charge < -0.3 is 11.1 Å². The molecule has 1 aromatic carbocycles. The average molecular weight is 270 g/mol. The first-order valence-corrected chi connectivity index (χ1v) is 7.49. The molecule has 0 aromatic heterocycles. The quantitative estimate of drug-likeness (QED) is 0.849. The zero-order valence-electron chi connectivity index (χ0n) is 12.7. The second-order valence-electron chi connectivity index (χ2n) is 6.22. The van der Waals surface area contributed by atoms with E-state index in [1.807, 2.05) is 12.1 Å². The van der Waals surface area contributed by atoms with Gasteiger partial charge in [-0.25, -0.2) is 0 Å². The van der Waals surface area contributed by atoms with Crippen LogP contribution in [0.4, 0.5) is 5.69 Å². The van der Waals surface area contributed by atoms with Crippen LogP contribution in [0.1, 0.15) is 27.2 Å². The number of hydrogen-bond acceptors (Lipinski definition) is 2. The van der Waals surface area contributed by atoms with Crippen LogP contribution in [-0.4, -0.2) is 11.6 Å². The lowest BCUT2D eigenvalue weighted by Gasteiger charge is -2.44. The van der Waals surface area contributed by atoms with Gasteiger partial charge >= 0.3 is 0 Å². The Labute approximate surface area is 122 Å². The summed E-state index contributed by atoms with van der Waals surface area (Å²) >= 11 is 0. The molecule has 0 radical (unpaired) electrons. The molecule has 3 atom stereocenters. The highest BCUT2D eigenvalue weighted by Gasteiger charge is 2.39. The lowest BCUT2D eigenvalue weighted by Crippen LogP contribution is -2.57. The number of anilines is 1. The van der Waals surface area contributed by atoms with Crippen molar-refractivity contribution in [1.82, 2.24) is 0 Å². The van der Waals surface area contributed by atoms with Gasteiger partial charge in [-0.1, -0.05) is 63.3 Å². The number of para-hydroxylation sites is 1. The van der Waals surface area contributed by atoms with Crippen molar-refractivity contribution in [3.05, 3.63) is 54.6 Å². The maximum atomic E-state index is 6.44. The Morgan fingerprint density at radius 3 is 2.45 bits per heavy atom. The lowest BCUT2D eigenvalue weighted by atomic mass is 9.73. The summed E-state index contributed by atoms with van der Waals surface area (Å²) in [6, 6.07) is 10.3. The molecule has 1 aliphatic rings. The van der Waals surface area contributed by atoms with E-state index in [4.69, 9.17) is 5.73 Å². The summed E-state index contributed by atoms with van der Waals surface area (Å²) in [5.74, 6) is 1.12. The van der Waals surface area contributed by atoms with Gasteiger partial charge in [-0.2, -0.15) is 0 Å². The topological polar surface area (TPSA) is 38.0 Å². The van der Waals surface area contributed by atoms with Crippen LogP contribution in [0.25, 0.3) is 0 Å². The smallest absolute Gasteiger partial charge is 0.0771 e. The second kappa shape index (κ2) is 6.27. The number of nitrogens with one attached hydrogen (secondary N) is 1. The standard InChI is InChI=1S/C18H26N2/c1-14(2)13-15(3)18(12-8-7-11-17(18)19)20-16-9-5-4-6-10-16/h4-12,14-15,17,20H,13,19H2,1-3H3. The minimum Gasteiger partial charge on any atom is -0.374 e. The molecule has 20 heavy (non-hydrogen) atoms. The molecule has 3 N–H and O–H groups in total. The van der Waals surface area contributed by atoms with Crippen molar-refractivity contribution in [3.63, 3.8) is 0 Å². The molecule has 0 spiro atoms. The van der Waals surface area contributed by atoms with Crippen molar-refractivity contribution in [2.75, 3.05) is 5.32 Å². The average Bonchev–Trinajstić information content (AvgIpc) is 2.42. The summed E-state index contributed by atoms with van der Waals surface area (Å²) in [5, 5.41) is 3.69. The molecule has 0 aliphatic heterocycles. The van der Waals surface area contributed by atoms with Crippen molar-refractivity contribution in [2.24, 2.45) is 17.6 Å². The highest BCUT2D eigenvalue weighted by molar-refractivity contribution is 5.50. The molecule has 108 valence electrons. The molecular weight excluding hydrogens is 244 g/mol. The molecule has 0 bridgehead atoms. The van der Waals surface area contributed by atoms with Gasteiger partial charge in [0.1, 0.15) is 0 Å². The van der Waals surface area contributed by atoms with Crippen molar-refractivity contribution >= 4 is 5.69 Å². The van der Waals surface area contributed by atoms with Crippen molar-refractivity contribution < 1.29 is 0 Å². The predicted molar refractivity (Wildman–Crippen MR) is 87.7 cm³/mol. The summed E-state index contributed by atoms with van der Waals surface area (Å²) in [4.78, 5) is 0. The number of hydrogen-bond donors (Lipinski definition) is 2. The lowest BCUT2D eigenvalue weighted by molar-refractivity contribution is 0.303. The van der Waals surface area contributed by atoms with E-state index in [0.717, 1.165) is 12.1 Å². The highest BCUT2D eigenvalue weighted by atomic mass is 15.0. The van der Waals surface area contributed by atoms with E-state index in [1.54, 1.807) is 0 Å². The SMILES string of the molecule is CC(C)CC(C)C1(Nc2ccccc2)C=CC=CC1N. The molecule has 0 saturated carbocycles. The zero-order chi connectivity index (χ0) is 14.6. The van der Waals surface area contributed by atoms with Crippen LogP contribution in [-0.2, 0) is 0 Å². The summed E-state index contributed by atoms with van der Waals surface area (Å²) in [7, 11) is 0. The van der Waals surface area contributed by atoms with Crippen molar-refractivity contribution in [2.45, 2.75) is 38.8 Å². The first-order valence-electron chi connectivity index (χ1n) is 7.49. The highest BCUT2D eigenvalue weighted by Crippen LogP contribution is 2.34. The first kappa shape index (κ1) is 14.9. The van der Waals surface area contributed by atoms with Gasteiger partial charge in [0.2, 0.25) is 0 Å². The van der Waals surface area contributed by atoms with Crippen LogP contribution in [0, 0.1) is 11.8 Å². The molecular formula is C18H26N2. The minimum atomic E-state index is -0.208. The predicted octanol–water partition coefficient (Wildman–Crippen LogP) is 3.97. The maximum absolute atomic E-state index is 6.44. The van der Waals surface area contributed by atoms with E-state index >= 15 is 0 Å². The molecule has 2 heteroatoms. The molecule has 0 fully saturated rings. The van der Waals surface area contributed by atoms with Crippen LogP contribution >= 0.6 is 0 Å². The van der Waals surface area contributed by atoms with Crippen LogP contribution in [0.3, 0.4) is 0 Å². The fourth-order valence-electron chi connectivity index (χ4n) is 3.08. The van der Waals surface area contributed by atoms with Gasteiger partial charge in [-0.15, -0.1) is 0 Å².